The van der Waals surface area contributed by atoms with Gasteiger partial charge >= 0.3 is 11.9 Å². The maximum absolute atomic E-state index is 13.6. The normalized spacial score (nSPS) is 12.3. The summed E-state index contributed by atoms with van der Waals surface area (Å²) in [4.78, 5) is 26.7. The van der Waals surface area contributed by atoms with Gasteiger partial charge in [0.1, 0.15) is 5.75 Å². The van der Waals surface area contributed by atoms with Crippen molar-refractivity contribution >= 4 is 11.9 Å². The highest BCUT2D eigenvalue weighted by atomic mass is 16.5. The molecular formula is C55H98O5. The molecule has 0 saturated heterocycles. The van der Waals surface area contributed by atoms with Gasteiger partial charge in [0.05, 0.1) is 13.2 Å². The molecule has 0 heterocycles. The number of phenolic OH excluding ortho intramolecular Hbond substituents is 1. The summed E-state index contributed by atoms with van der Waals surface area (Å²) in [6.07, 6.45) is 43.0. The number of unbranched alkanes of at least 4 members (excludes halogenated alkanes) is 30. The van der Waals surface area contributed by atoms with Crippen LogP contribution in [0.5, 0.6) is 5.75 Å². The van der Waals surface area contributed by atoms with Crippen LogP contribution in [0.25, 0.3) is 0 Å². The van der Waals surface area contributed by atoms with Crippen LogP contribution in [0, 0.1) is 0 Å². The van der Waals surface area contributed by atoms with Crippen molar-refractivity contribution in [1.29, 1.82) is 0 Å². The molecule has 5 nitrogen and oxygen atoms in total. The average molecular weight is 839 g/mol. The minimum Gasteiger partial charge on any atom is -0.507 e. The van der Waals surface area contributed by atoms with Gasteiger partial charge < -0.3 is 14.6 Å². The van der Waals surface area contributed by atoms with E-state index in [0.717, 1.165) is 55.2 Å². The smallest absolute Gasteiger partial charge is 0.334 e. The highest BCUT2D eigenvalue weighted by Crippen LogP contribution is 2.40. The molecule has 0 radical (unpaired) electrons. The molecule has 0 saturated carbocycles. The average Bonchev–Trinajstić information content (AvgIpc) is 3.19. The lowest BCUT2D eigenvalue weighted by molar-refractivity contribution is -0.141. The molecule has 0 aliphatic rings. The second-order valence-corrected chi connectivity index (χ2v) is 20.3. The van der Waals surface area contributed by atoms with Gasteiger partial charge in [-0.2, -0.15) is 0 Å². The van der Waals surface area contributed by atoms with E-state index < -0.39 is 11.9 Å². The molecule has 0 bridgehead atoms. The third kappa shape index (κ3) is 29.1. The Morgan fingerprint density at radius 3 is 1.05 bits per heavy atom. The van der Waals surface area contributed by atoms with E-state index in [-0.39, 0.29) is 17.3 Å². The van der Waals surface area contributed by atoms with Crippen molar-refractivity contribution in [3.8, 4) is 5.75 Å². The zero-order valence-corrected chi connectivity index (χ0v) is 41.1. The Morgan fingerprint density at radius 2 is 0.750 bits per heavy atom. The van der Waals surface area contributed by atoms with Gasteiger partial charge in [0.15, 0.2) is 0 Å². The minimum atomic E-state index is -0.490. The number of esters is 2. The predicted octanol–water partition coefficient (Wildman–Crippen LogP) is 17.1. The summed E-state index contributed by atoms with van der Waals surface area (Å²) in [5, 5.41) is 11.3. The number of ether oxygens (including phenoxy) is 2. The minimum absolute atomic E-state index is 0.235. The molecule has 1 aromatic rings. The summed E-state index contributed by atoms with van der Waals surface area (Å²) < 4.78 is 11.4. The molecule has 0 atom stereocenters. The Hall–Kier alpha value is -2.30. The molecular weight excluding hydrogens is 741 g/mol. The van der Waals surface area contributed by atoms with Crippen LogP contribution in [-0.4, -0.2) is 30.3 Å². The summed E-state index contributed by atoms with van der Waals surface area (Å²) in [5.74, 6) is -0.650. The van der Waals surface area contributed by atoms with Crippen molar-refractivity contribution in [3.63, 3.8) is 0 Å². The van der Waals surface area contributed by atoms with Crippen LogP contribution in [0.2, 0.25) is 0 Å². The van der Waals surface area contributed by atoms with Crippen LogP contribution < -0.4 is 0 Å². The highest BCUT2D eigenvalue weighted by molar-refractivity contribution is 5.96. The molecule has 1 N–H and O–H groups in total. The Morgan fingerprint density at radius 1 is 0.467 bits per heavy atom. The van der Waals surface area contributed by atoms with Gasteiger partial charge in [-0.1, -0.05) is 260 Å². The first-order valence-corrected chi connectivity index (χ1v) is 25.7. The van der Waals surface area contributed by atoms with Crippen molar-refractivity contribution in [3.05, 3.63) is 40.5 Å². The van der Waals surface area contributed by atoms with Gasteiger partial charge in [0, 0.05) is 18.1 Å². The molecule has 0 unspecified atom stereocenters. The van der Waals surface area contributed by atoms with Gasteiger partial charge in [0.25, 0.3) is 0 Å². The lowest BCUT2D eigenvalue weighted by Crippen LogP contribution is -2.19. The van der Waals surface area contributed by atoms with Crippen molar-refractivity contribution < 1.29 is 24.2 Å². The van der Waals surface area contributed by atoms with E-state index in [1.165, 1.54) is 173 Å². The number of benzene rings is 1. The van der Waals surface area contributed by atoms with Gasteiger partial charge in [0.2, 0.25) is 0 Å². The van der Waals surface area contributed by atoms with Crippen molar-refractivity contribution in [2.24, 2.45) is 0 Å². The lowest BCUT2D eigenvalue weighted by Gasteiger charge is -2.28. The third-order valence-corrected chi connectivity index (χ3v) is 12.2. The fraction of sp³-hybridized carbons (Fsp3) is 0.818. The van der Waals surface area contributed by atoms with E-state index in [4.69, 9.17) is 9.47 Å². The molecule has 348 valence electrons. The first-order chi connectivity index (χ1) is 28.8. The Balaban J connectivity index is 2.56. The van der Waals surface area contributed by atoms with Crippen LogP contribution in [0.15, 0.2) is 23.8 Å². The Bertz CT molecular complexity index is 1210. The molecule has 0 fully saturated rings. The number of carbonyl (C=O) groups excluding carboxylic acids is 2. The first-order valence-electron chi connectivity index (χ1n) is 25.7. The van der Waals surface area contributed by atoms with E-state index in [1.807, 2.05) is 12.1 Å². The second kappa shape index (κ2) is 35.2. The maximum atomic E-state index is 13.6. The van der Waals surface area contributed by atoms with Crippen LogP contribution in [-0.2, 0) is 36.3 Å². The van der Waals surface area contributed by atoms with Gasteiger partial charge in [-0.25, -0.2) is 9.59 Å². The number of hydrogen-bond acceptors (Lipinski definition) is 5. The topological polar surface area (TPSA) is 72.8 Å². The van der Waals surface area contributed by atoms with Crippen molar-refractivity contribution in [1.82, 2.24) is 0 Å². The standard InChI is InChI=1S/C55H98O5/c1-9-11-13-15-17-19-21-23-25-27-29-31-33-35-37-39-41-59-51(56)46-48(43-47-44-49(54(3,4)5)52(57)50(45-47)55(6,7)8)53(58)60-42-40-38-36-34-32-30-28-26-24-22-20-18-16-14-12-10-2/h44-46,57H,9-43H2,1-8H3/b48-46-. The molecule has 0 aromatic heterocycles. The number of aromatic hydroxyl groups is 1. The molecule has 0 spiro atoms. The summed E-state index contributed by atoms with van der Waals surface area (Å²) in [6, 6.07) is 3.95. The van der Waals surface area contributed by atoms with Crippen LogP contribution in [0.4, 0.5) is 0 Å². The van der Waals surface area contributed by atoms with E-state index in [2.05, 4.69) is 55.4 Å². The van der Waals surface area contributed by atoms with Gasteiger partial charge in [-0.15, -0.1) is 0 Å². The number of rotatable bonds is 38. The fourth-order valence-corrected chi connectivity index (χ4v) is 8.26. The van der Waals surface area contributed by atoms with E-state index in [0.29, 0.717) is 24.5 Å². The molecule has 60 heavy (non-hydrogen) atoms. The monoisotopic (exact) mass is 839 g/mol. The molecule has 0 aliphatic heterocycles. The first kappa shape index (κ1) is 55.7. The number of hydrogen-bond donors (Lipinski definition) is 1. The van der Waals surface area contributed by atoms with Crippen LogP contribution >= 0.6 is 0 Å². The third-order valence-electron chi connectivity index (χ3n) is 12.2. The lowest BCUT2D eigenvalue weighted by atomic mass is 9.78. The second-order valence-electron chi connectivity index (χ2n) is 20.3. The summed E-state index contributed by atoms with van der Waals surface area (Å²) in [5.41, 5.74) is 2.23. The van der Waals surface area contributed by atoms with Gasteiger partial charge in [-0.3, -0.25) is 0 Å². The maximum Gasteiger partial charge on any atom is 0.334 e. The van der Waals surface area contributed by atoms with Crippen molar-refractivity contribution in [2.75, 3.05) is 13.2 Å². The molecule has 1 rings (SSSR count). The summed E-state index contributed by atoms with van der Waals surface area (Å²) >= 11 is 0. The Labute approximate surface area is 372 Å². The Kier molecular flexibility index (Phi) is 32.7. The number of phenols is 1. The summed E-state index contributed by atoms with van der Waals surface area (Å²) in [6.45, 7) is 17.7. The predicted molar refractivity (Wildman–Crippen MR) is 258 cm³/mol. The molecule has 1 aromatic carbocycles. The van der Waals surface area contributed by atoms with Gasteiger partial charge in [-0.05, 0) is 40.4 Å². The zero-order valence-electron chi connectivity index (χ0n) is 41.1. The molecule has 0 amide bonds. The number of carbonyl (C=O) groups is 2. The van der Waals surface area contributed by atoms with Crippen LogP contribution in [0.3, 0.4) is 0 Å². The molecule has 0 aliphatic carbocycles. The van der Waals surface area contributed by atoms with Crippen LogP contribution in [0.1, 0.15) is 278 Å². The zero-order chi connectivity index (χ0) is 44.3. The largest absolute Gasteiger partial charge is 0.507 e. The van der Waals surface area contributed by atoms with E-state index in [1.54, 1.807) is 0 Å². The fourth-order valence-electron chi connectivity index (χ4n) is 8.26. The SMILES string of the molecule is CCCCCCCCCCCCCCCCCCOC(=O)/C=C(/Cc1cc(C(C)(C)C)c(O)c(C(C)(C)C)c1)C(=O)OCCCCCCCCCCCCCCCCCC. The summed E-state index contributed by atoms with van der Waals surface area (Å²) in [7, 11) is 0. The van der Waals surface area contributed by atoms with E-state index >= 15 is 0 Å². The highest BCUT2D eigenvalue weighted by Gasteiger charge is 2.27. The molecule has 5 heteroatoms. The van der Waals surface area contributed by atoms with E-state index in [9.17, 15) is 14.7 Å². The quantitative estimate of drug-likeness (QED) is 0.0408. The van der Waals surface area contributed by atoms with Crippen molar-refractivity contribution in [2.45, 2.75) is 278 Å².